The number of aliphatic carboxylic acids is 1. The lowest BCUT2D eigenvalue weighted by atomic mass is 10.1. The molecule has 0 aromatic carbocycles. The Labute approximate surface area is 105 Å². The van der Waals surface area contributed by atoms with Crippen molar-refractivity contribution in [2.24, 2.45) is 0 Å². The van der Waals surface area contributed by atoms with Crippen LogP contribution in [0.4, 0.5) is 0 Å². The molecule has 0 aliphatic heterocycles. The van der Waals surface area contributed by atoms with Gasteiger partial charge in [-0.15, -0.1) is 11.3 Å². The number of aliphatic hydroxyl groups is 1. The van der Waals surface area contributed by atoms with Gasteiger partial charge in [-0.1, -0.05) is 19.4 Å². The second-order valence-corrected chi connectivity index (χ2v) is 4.95. The summed E-state index contributed by atoms with van der Waals surface area (Å²) >= 11 is 1.44. The van der Waals surface area contributed by atoms with Crippen molar-refractivity contribution in [1.29, 1.82) is 0 Å². The molecule has 1 aromatic rings. The summed E-state index contributed by atoms with van der Waals surface area (Å²) in [6.45, 7) is 2.81. The van der Waals surface area contributed by atoms with Gasteiger partial charge >= 0.3 is 5.97 Å². The fraction of sp³-hybridized carbons (Fsp3) is 0.583. The van der Waals surface area contributed by atoms with Crippen LogP contribution in [0.25, 0.3) is 0 Å². The van der Waals surface area contributed by atoms with Crippen molar-refractivity contribution in [3.05, 3.63) is 22.4 Å². The molecule has 3 N–H and O–H groups in total. The van der Waals surface area contributed by atoms with Gasteiger partial charge in [0.2, 0.25) is 0 Å². The standard InChI is InChI=1S/C12H19NO3S/c1-2-3-6-13-9(8-11(14)15)12(16)10-5-4-7-17-10/h4-5,7,9,12-13,16H,2-3,6,8H2,1H3,(H,14,15). The predicted molar refractivity (Wildman–Crippen MR) is 68.2 cm³/mol. The van der Waals surface area contributed by atoms with E-state index in [4.69, 9.17) is 5.11 Å². The summed E-state index contributed by atoms with van der Waals surface area (Å²) < 4.78 is 0. The Balaban J connectivity index is 2.58. The zero-order valence-corrected chi connectivity index (χ0v) is 10.7. The molecule has 0 saturated carbocycles. The molecule has 1 aromatic heterocycles. The first-order valence-electron chi connectivity index (χ1n) is 5.81. The van der Waals surface area contributed by atoms with Crippen molar-refractivity contribution in [2.75, 3.05) is 6.54 Å². The lowest BCUT2D eigenvalue weighted by Gasteiger charge is -2.21. The minimum Gasteiger partial charge on any atom is -0.481 e. The Kier molecular flexibility index (Phi) is 6.18. The van der Waals surface area contributed by atoms with Crippen molar-refractivity contribution >= 4 is 17.3 Å². The summed E-state index contributed by atoms with van der Waals surface area (Å²) in [5, 5.41) is 23.9. The zero-order chi connectivity index (χ0) is 12.7. The molecule has 5 heteroatoms. The van der Waals surface area contributed by atoms with Gasteiger partial charge in [-0.05, 0) is 24.4 Å². The Hall–Kier alpha value is -0.910. The molecule has 17 heavy (non-hydrogen) atoms. The minimum absolute atomic E-state index is 0.0667. The maximum atomic E-state index is 10.8. The number of aliphatic hydroxyl groups excluding tert-OH is 1. The molecular formula is C12H19NO3S. The molecule has 2 unspecified atom stereocenters. The first-order chi connectivity index (χ1) is 8.15. The summed E-state index contributed by atoms with van der Waals surface area (Å²) in [7, 11) is 0. The van der Waals surface area contributed by atoms with Crippen LogP contribution in [0.5, 0.6) is 0 Å². The van der Waals surface area contributed by atoms with E-state index in [1.54, 1.807) is 0 Å². The molecule has 0 bridgehead atoms. The van der Waals surface area contributed by atoms with Crippen molar-refractivity contribution < 1.29 is 15.0 Å². The number of carboxylic acid groups (broad SMARTS) is 1. The summed E-state index contributed by atoms with van der Waals surface area (Å²) in [6.07, 6.45) is 1.21. The number of hydrogen-bond acceptors (Lipinski definition) is 4. The van der Waals surface area contributed by atoms with E-state index in [9.17, 15) is 9.90 Å². The lowest BCUT2D eigenvalue weighted by molar-refractivity contribution is -0.138. The Morgan fingerprint density at radius 3 is 2.88 bits per heavy atom. The van der Waals surface area contributed by atoms with Crippen LogP contribution >= 0.6 is 11.3 Å². The molecule has 0 amide bonds. The van der Waals surface area contributed by atoms with Gasteiger partial charge in [0.25, 0.3) is 0 Å². The Morgan fingerprint density at radius 1 is 1.59 bits per heavy atom. The number of carboxylic acids is 1. The largest absolute Gasteiger partial charge is 0.481 e. The highest BCUT2D eigenvalue weighted by Gasteiger charge is 2.23. The summed E-state index contributed by atoms with van der Waals surface area (Å²) in [5.74, 6) is -0.894. The summed E-state index contributed by atoms with van der Waals surface area (Å²) in [4.78, 5) is 11.6. The van der Waals surface area contributed by atoms with E-state index >= 15 is 0 Å². The topological polar surface area (TPSA) is 69.6 Å². The molecule has 0 aliphatic carbocycles. The molecule has 1 rings (SSSR count). The summed E-state index contributed by atoms with van der Waals surface area (Å²) in [6, 6.07) is 3.26. The maximum Gasteiger partial charge on any atom is 0.305 e. The van der Waals surface area contributed by atoms with Gasteiger partial charge in [-0.3, -0.25) is 4.79 Å². The molecule has 0 saturated heterocycles. The number of hydrogen-bond donors (Lipinski definition) is 3. The van der Waals surface area contributed by atoms with Crippen molar-refractivity contribution in [3.8, 4) is 0 Å². The lowest BCUT2D eigenvalue weighted by Crippen LogP contribution is -2.37. The number of unbranched alkanes of at least 4 members (excludes halogenated alkanes) is 1. The normalized spacial score (nSPS) is 14.5. The van der Waals surface area contributed by atoms with E-state index in [1.807, 2.05) is 17.5 Å². The number of carbonyl (C=O) groups is 1. The first kappa shape index (κ1) is 14.2. The molecule has 0 radical (unpaired) electrons. The van der Waals surface area contributed by atoms with Crippen LogP contribution in [0, 0.1) is 0 Å². The molecule has 2 atom stereocenters. The van der Waals surface area contributed by atoms with E-state index in [-0.39, 0.29) is 6.42 Å². The van der Waals surface area contributed by atoms with E-state index in [0.717, 1.165) is 24.3 Å². The van der Waals surface area contributed by atoms with Gasteiger partial charge in [0, 0.05) is 10.9 Å². The smallest absolute Gasteiger partial charge is 0.305 e. The third-order valence-corrected chi connectivity index (χ3v) is 3.49. The van der Waals surface area contributed by atoms with Crippen molar-refractivity contribution in [1.82, 2.24) is 5.32 Å². The van der Waals surface area contributed by atoms with Crippen LogP contribution in [0.2, 0.25) is 0 Å². The molecule has 1 heterocycles. The Bertz CT molecular complexity index is 327. The summed E-state index contributed by atoms with van der Waals surface area (Å²) in [5.41, 5.74) is 0. The second-order valence-electron chi connectivity index (χ2n) is 3.97. The van der Waals surface area contributed by atoms with Crippen molar-refractivity contribution in [2.45, 2.75) is 38.3 Å². The Morgan fingerprint density at radius 2 is 2.35 bits per heavy atom. The second kappa shape index (κ2) is 7.42. The molecular weight excluding hydrogens is 238 g/mol. The fourth-order valence-electron chi connectivity index (χ4n) is 1.61. The average molecular weight is 257 g/mol. The molecule has 0 aliphatic rings. The average Bonchev–Trinajstić information content (AvgIpc) is 2.80. The molecule has 0 fully saturated rings. The van der Waals surface area contributed by atoms with E-state index in [0.29, 0.717) is 0 Å². The van der Waals surface area contributed by atoms with Crippen LogP contribution < -0.4 is 5.32 Å². The van der Waals surface area contributed by atoms with Gasteiger partial charge in [-0.2, -0.15) is 0 Å². The van der Waals surface area contributed by atoms with E-state index in [1.165, 1.54) is 11.3 Å². The van der Waals surface area contributed by atoms with Crippen LogP contribution in [0.15, 0.2) is 17.5 Å². The SMILES string of the molecule is CCCCNC(CC(=O)O)C(O)c1cccs1. The maximum absolute atomic E-state index is 10.8. The fourth-order valence-corrected chi connectivity index (χ4v) is 2.38. The highest BCUT2D eigenvalue weighted by Crippen LogP contribution is 2.23. The highest BCUT2D eigenvalue weighted by molar-refractivity contribution is 7.10. The first-order valence-corrected chi connectivity index (χ1v) is 6.69. The quantitative estimate of drug-likeness (QED) is 0.623. The molecule has 4 nitrogen and oxygen atoms in total. The monoisotopic (exact) mass is 257 g/mol. The van der Waals surface area contributed by atoms with Crippen LogP contribution in [-0.4, -0.2) is 28.8 Å². The third kappa shape index (κ3) is 4.85. The molecule has 96 valence electrons. The predicted octanol–water partition coefficient (Wildman–Crippen LogP) is 2.01. The van der Waals surface area contributed by atoms with Crippen LogP contribution in [0.1, 0.15) is 37.2 Å². The highest BCUT2D eigenvalue weighted by atomic mass is 32.1. The van der Waals surface area contributed by atoms with Gasteiger partial charge in [0.05, 0.1) is 6.42 Å². The van der Waals surface area contributed by atoms with Crippen LogP contribution in [-0.2, 0) is 4.79 Å². The van der Waals surface area contributed by atoms with Gasteiger partial charge in [0.1, 0.15) is 6.10 Å². The van der Waals surface area contributed by atoms with Crippen molar-refractivity contribution in [3.63, 3.8) is 0 Å². The van der Waals surface area contributed by atoms with Gasteiger partial charge in [-0.25, -0.2) is 0 Å². The van der Waals surface area contributed by atoms with Crippen LogP contribution in [0.3, 0.4) is 0 Å². The number of nitrogens with one attached hydrogen (secondary N) is 1. The molecule has 0 spiro atoms. The van der Waals surface area contributed by atoms with E-state index < -0.39 is 18.1 Å². The van der Waals surface area contributed by atoms with Gasteiger partial charge in [0.15, 0.2) is 0 Å². The number of thiophene rings is 1. The minimum atomic E-state index is -0.894. The van der Waals surface area contributed by atoms with Gasteiger partial charge < -0.3 is 15.5 Å². The number of rotatable bonds is 8. The zero-order valence-electron chi connectivity index (χ0n) is 9.93. The van der Waals surface area contributed by atoms with E-state index in [2.05, 4.69) is 12.2 Å². The third-order valence-electron chi connectivity index (χ3n) is 2.55.